The lowest BCUT2D eigenvalue weighted by molar-refractivity contribution is -0.137. The molecule has 1 aromatic rings. The molecular weight excluding hydrogens is 266 g/mol. The largest absolute Gasteiger partial charge is 0.417 e. The molecule has 92 valence electrons. The van der Waals surface area contributed by atoms with Gasteiger partial charge < -0.3 is 5.73 Å². The zero-order valence-electron chi connectivity index (χ0n) is 8.17. The van der Waals surface area contributed by atoms with E-state index < -0.39 is 17.5 Å². The van der Waals surface area contributed by atoms with E-state index in [2.05, 4.69) is 0 Å². The lowest BCUT2D eigenvalue weighted by Crippen LogP contribution is -2.12. The molecule has 0 saturated carbocycles. The highest BCUT2D eigenvalue weighted by atomic mass is 35.5. The minimum Gasteiger partial charge on any atom is -0.399 e. The molecular formula is C9H10Cl2F3NO. The van der Waals surface area contributed by atoms with Crippen molar-refractivity contribution in [1.82, 2.24) is 0 Å². The van der Waals surface area contributed by atoms with Crippen LogP contribution in [0.3, 0.4) is 0 Å². The number of carbonyl (C=O) groups is 1. The molecule has 0 aliphatic carbocycles. The molecule has 0 aliphatic heterocycles. The number of Topliss-reactive ketones (excluding diaryl/α,β-unsaturated/α-hetero) is 1. The van der Waals surface area contributed by atoms with Gasteiger partial charge in [0.05, 0.1) is 5.56 Å². The van der Waals surface area contributed by atoms with Gasteiger partial charge in [0.15, 0.2) is 5.78 Å². The van der Waals surface area contributed by atoms with Gasteiger partial charge in [0.2, 0.25) is 0 Å². The van der Waals surface area contributed by atoms with Gasteiger partial charge in [-0.2, -0.15) is 13.2 Å². The van der Waals surface area contributed by atoms with Gasteiger partial charge in [-0.1, -0.05) is 0 Å². The highest BCUT2D eigenvalue weighted by molar-refractivity contribution is 5.96. The van der Waals surface area contributed by atoms with Crippen molar-refractivity contribution in [3.8, 4) is 0 Å². The van der Waals surface area contributed by atoms with Crippen LogP contribution in [0, 0.1) is 0 Å². The molecule has 0 radical (unpaired) electrons. The van der Waals surface area contributed by atoms with E-state index >= 15 is 0 Å². The molecule has 0 aromatic heterocycles. The number of benzene rings is 1. The summed E-state index contributed by atoms with van der Waals surface area (Å²) in [5, 5.41) is 0. The molecule has 0 heterocycles. The quantitative estimate of drug-likeness (QED) is 0.631. The Morgan fingerprint density at radius 3 is 2.12 bits per heavy atom. The number of nitrogen functional groups attached to an aromatic ring is 1. The number of ketones is 1. The topological polar surface area (TPSA) is 43.1 Å². The third-order valence-electron chi connectivity index (χ3n) is 1.73. The molecule has 0 spiro atoms. The fourth-order valence-corrected chi connectivity index (χ4v) is 1.10. The van der Waals surface area contributed by atoms with Crippen molar-refractivity contribution in [3.05, 3.63) is 29.3 Å². The van der Waals surface area contributed by atoms with Gasteiger partial charge in [-0.25, -0.2) is 0 Å². The second-order valence-corrected chi connectivity index (χ2v) is 2.86. The van der Waals surface area contributed by atoms with Gasteiger partial charge >= 0.3 is 6.18 Å². The van der Waals surface area contributed by atoms with Crippen molar-refractivity contribution in [3.63, 3.8) is 0 Å². The Morgan fingerprint density at radius 1 is 1.25 bits per heavy atom. The van der Waals surface area contributed by atoms with Crippen LogP contribution in [0.5, 0.6) is 0 Å². The van der Waals surface area contributed by atoms with E-state index in [0.29, 0.717) is 0 Å². The van der Waals surface area contributed by atoms with Crippen LogP contribution in [0.1, 0.15) is 22.8 Å². The lowest BCUT2D eigenvalue weighted by atomic mass is 10.0. The summed E-state index contributed by atoms with van der Waals surface area (Å²) in [5.41, 5.74) is 3.86. The van der Waals surface area contributed by atoms with Crippen LogP contribution in [0.2, 0.25) is 0 Å². The number of anilines is 1. The first-order valence-electron chi connectivity index (χ1n) is 3.80. The van der Waals surface area contributed by atoms with Crippen LogP contribution in [-0.2, 0) is 6.18 Å². The first-order valence-corrected chi connectivity index (χ1v) is 3.80. The van der Waals surface area contributed by atoms with Crippen LogP contribution >= 0.6 is 24.8 Å². The maximum Gasteiger partial charge on any atom is 0.417 e. The maximum absolute atomic E-state index is 12.4. The Hall–Kier alpha value is -0.940. The van der Waals surface area contributed by atoms with E-state index in [1.807, 2.05) is 0 Å². The van der Waals surface area contributed by atoms with E-state index in [1.165, 1.54) is 6.07 Å². The van der Waals surface area contributed by atoms with E-state index in [9.17, 15) is 18.0 Å². The summed E-state index contributed by atoms with van der Waals surface area (Å²) >= 11 is 0. The van der Waals surface area contributed by atoms with E-state index in [4.69, 9.17) is 5.73 Å². The first kappa shape index (κ1) is 17.5. The number of hydrogen-bond donors (Lipinski definition) is 1. The Bertz CT molecular complexity index is 380. The van der Waals surface area contributed by atoms with Gasteiger partial charge in [-0.05, 0) is 25.1 Å². The lowest BCUT2D eigenvalue weighted by Gasteiger charge is -2.11. The smallest absolute Gasteiger partial charge is 0.399 e. The molecule has 1 aromatic carbocycles. The van der Waals surface area contributed by atoms with Crippen LogP contribution in [0.15, 0.2) is 18.2 Å². The molecule has 2 N–H and O–H groups in total. The van der Waals surface area contributed by atoms with Crippen LogP contribution in [-0.4, -0.2) is 5.78 Å². The minimum atomic E-state index is -4.55. The normalized spacial score (nSPS) is 10.0. The molecule has 0 amide bonds. The van der Waals surface area contributed by atoms with Gasteiger partial charge in [0.25, 0.3) is 0 Å². The Labute approximate surface area is 103 Å². The van der Waals surface area contributed by atoms with Gasteiger partial charge in [-0.15, -0.1) is 24.8 Å². The summed E-state index contributed by atoms with van der Waals surface area (Å²) in [5.74, 6) is -0.627. The zero-order valence-corrected chi connectivity index (χ0v) is 9.80. The number of nitrogens with two attached hydrogens (primary N) is 1. The van der Waals surface area contributed by atoms with Crippen molar-refractivity contribution in [2.24, 2.45) is 0 Å². The average Bonchev–Trinajstić information content (AvgIpc) is 2.01. The van der Waals surface area contributed by atoms with Gasteiger partial charge in [-0.3, -0.25) is 4.79 Å². The Kier molecular flexibility index (Phi) is 6.50. The second-order valence-electron chi connectivity index (χ2n) is 2.86. The third kappa shape index (κ3) is 3.90. The summed E-state index contributed by atoms with van der Waals surface area (Å²) < 4.78 is 37.1. The van der Waals surface area contributed by atoms with Crippen molar-refractivity contribution >= 4 is 36.3 Å². The van der Waals surface area contributed by atoms with E-state index in [0.717, 1.165) is 19.1 Å². The minimum absolute atomic E-state index is 0. The number of hydrogen-bond acceptors (Lipinski definition) is 2. The number of alkyl halides is 3. The zero-order chi connectivity index (χ0) is 10.9. The van der Waals surface area contributed by atoms with Gasteiger partial charge in [0.1, 0.15) is 0 Å². The third-order valence-corrected chi connectivity index (χ3v) is 1.73. The summed E-state index contributed by atoms with van der Waals surface area (Å²) in [4.78, 5) is 10.9. The van der Waals surface area contributed by atoms with E-state index in [1.54, 1.807) is 0 Å². The maximum atomic E-state index is 12.4. The van der Waals surface area contributed by atoms with Crippen LogP contribution in [0.25, 0.3) is 0 Å². The summed E-state index contributed by atoms with van der Waals surface area (Å²) in [6.07, 6.45) is -4.55. The van der Waals surface area contributed by atoms with E-state index in [-0.39, 0.29) is 36.1 Å². The predicted octanol–water partition coefficient (Wildman–Crippen LogP) is 3.33. The first-order chi connectivity index (χ1) is 6.32. The SMILES string of the molecule is CC(=O)c1ccc(N)cc1C(F)(F)F.Cl.Cl. The molecule has 0 aliphatic rings. The highest BCUT2D eigenvalue weighted by Crippen LogP contribution is 2.33. The molecule has 0 saturated heterocycles. The number of rotatable bonds is 1. The second kappa shape index (κ2) is 5.96. The molecule has 16 heavy (non-hydrogen) atoms. The molecule has 0 atom stereocenters. The molecule has 0 bridgehead atoms. The Balaban J connectivity index is 0. The molecule has 7 heteroatoms. The molecule has 0 fully saturated rings. The summed E-state index contributed by atoms with van der Waals surface area (Å²) in [6, 6.07) is 3.11. The van der Waals surface area contributed by atoms with Crippen molar-refractivity contribution in [2.75, 3.05) is 5.73 Å². The van der Waals surface area contributed by atoms with Crippen molar-refractivity contribution in [2.45, 2.75) is 13.1 Å². The Morgan fingerprint density at radius 2 is 1.75 bits per heavy atom. The monoisotopic (exact) mass is 275 g/mol. The van der Waals surface area contributed by atoms with Crippen LogP contribution < -0.4 is 5.73 Å². The molecule has 1 rings (SSSR count). The fourth-order valence-electron chi connectivity index (χ4n) is 1.10. The van der Waals surface area contributed by atoms with Crippen LogP contribution in [0.4, 0.5) is 18.9 Å². The standard InChI is InChI=1S/C9H8F3NO.2ClH/c1-5(14)7-3-2-6(13)4-8(7)9(10,11)12;;/h2-4H,13H2,1H3;2*1H. The summed E-state index contributed by atoms with van der Waals surface area (Å²) in [7, 11) is 0. The van der Waals surface area contributed by atoms with Crippen molar-refractivity contribution < 1.29 is 18.0 Å². The molecule has 0 unspecified atom stereocenters. The van der Waals surface area contributed by atoms with Crippen molar-refractivity contribution in [1.29, 1.82) is 0 Å². The highest BCUT2D eigenvalue weighted by Gasteiger charge is 2.34. The molecule has 2 nitrogen and oxygen atoms in total. The fraction of sp³-hybridized carbons (Fsp3) is 0.222. The number of carbonyl (C=O) groups excluding carboxylic acids is 1. The predicted molar refractivity (Wildman–Crippen MR) is 60.4 cm³/mol. The van der Waals surface area contributed by atoms with Gasteiger partial charge in [0, 0.05) is 11.3 Å². The summed E-state index contributed by atoms with van der Waals surface area (Å²) in [6.45, 7) is 1.08. The number of halogens is 5. The average molecular weight is 276 g/mol.